The highest BCUT2D eigenvalue weighted by Crippen LogP contribution is 2.54. The number of hydrogen-bond donors (Lipinski definition) is 1. The van der Waals surface area contributed by atoms with Gasteiger partial charge >= 0.3 is 18.0 Å². The highest BCUT2D eigenvalue weighted by Gasteiger charge is 2.73. The molecule has 0 aliphatic heterocycles. The van der Waals surface area contributed by atoms with Gasteiger partial charge in [-0.05, 0) is 52.9 Å². The topological polar surface area (TPSA) is 56.0 Å². The summed E-state index contributed by atoms with van der Waals surface area (Å²) in [5, 5.41) is 14.5. The summed E-state index contributed by atoms with van der Waals surface area (Å²) >= 11 is 0.723. The Bertz CT molecular complexity index is 1270. The van der Waals surface area contributed by atoms with E-state index in [1.54, 1.807) is 6.07 Å². The van der Waals surface area contributed by atoms with Crippen LogP contribution in [0, 0.1) is 8.78 Å². The predicted octanol–water partition coefficient (Wildman–Crippen LogP) is 6.93. The molecule has 35 heavy (non-hydrogen) atoms. The van der Waals surface area contributed by atoms with Crippen molar-refractivity contribution >= 4 is 56.9 Å². The number of carbonyl (C=O) groups excluding carboxylic acids is 1. The summed E-state index contributed by atoms with van der Waals surface area (Å²) in [6.45, 7) is 0. The first-order valence-corrected chi connectivity index (χ1v) is 11.1. The zero-order valence-corrected chi connectivity index (χ0v) is 19.6. The number of amides is 1. The molecular formula is C20H10F9IN2O2S. The molecule has 188 valence electrons. The second-order valence-electron chi connectivity index (χ2n) is 6.93. The minimum atomic E-state index is -6.45. The molecule has 1 N–H and O–H groups in total. The maximum absolute atomic E-state index is 14.5. The molecule has 1 heterocycles. The van der Waals surface area contributed by atoms with E-state index in [2.05, 4.69) is 5.32 Å². The van der Waals surface area contributed by atoms with Crippen molar-refractivity contribution in [1.82, 2.24) is 0 Å². The number of alkyl halides is 9. The Balaban J connectivity index is 2.10. The van der Waals surface area contributed by atoms with Gasteiger partial charge in [0.15, 0.2) is 6.20 Å². The molecule has 0 unspecified atom stereocenters. The van der Waals surface area contributed by atoms with Crippen LogP contribution in [0.1, 0.15) is 15.9 Å². The summed E-state index contributed by atoms with van der Waals surface area (Å²) in [7, 11) is 0. The Kier molecular flexibility index (Phi) is 7.41. The second kappa shape index (κ2) is 9.55. The first-order valence-electron chi connectivity index (χ1n) is 9.10. The third-order valence-corrected chi connectivity index (χ3v) is 6.32. The number of carbonyl (C=O) groups is 1. The summed E-state index contributed by atoms with van der Waals surface area (Å²) in [4.78, 5) is 11.8. The lowest BCUT2D eigenvalue weighted by Crippen LogP contribution is -2.50. The van der Waals surface area contributed by atoms with Gasteiger partial charge in [0.25, 0.3) is 11.7 Å². The SMILES string of the molecule is O=C(Nc1c(I)cc(C(F)(C(F)(F)F)C(F)(F)F)cc1SC(F)F)c1ccc2ccc[n+]([O-])c2c1. The standard InChI is InChI=1S/C20H10F9IN2O2S/c21-17(22)35-14-8-11(18(23,19(24,25)26)20(27,28)29)7-12(30)15(14)31-16(33)10-4-3-9-2-1-5-32(34)13(9)6-10/h1-8,17H,(H,31,33). The third-order valence-electron chi connectivity index (χ3n) is 4.71. The molecule has 0 saturated heterocycles. The van der Waals surface area contributed by atoms with E-state index in [0.29, 0.717) is 10.1 Å². The maximum Gasteiger partial charge on any atom is 0.435 e. The minimum Gasteiger partial charge on any atom is -0.618 e. The van der Waals surface area contributed by atoms with Gasteiger partial charge in [0.05, 0.1) is 5.69 Å². The van der Waals surface area contributed by atoms with Crippen molar-refractivity contribution in [3.63, 3.8) is 0 Å². The van der Waals surface area contributed by atoms with Gasteiger partial charge in [-0.1, -0.05) is 11.8 Å². The zero-order valence-electron chi connectivity index (χ0n) is 16.6. The first-order chi connectivity index (χ1) is 16.1. The van der Waals surface area contributed by atoms with Gasteiger partial charge in [-0.15, -0.1) is 0 Å². The fourth-order valence-electron chi connectivity index (χ4n) is 3.09. The molecule has 0 fully saturated rings. The number of aromatic nitrogens is 1. The van der Waals surface area contributed by atoms with Crippen molar-refractivity contribution in [2.24, 2.45) is 0 Å². The van der Waals surface area contributed by atoms with Crippen LogP contribution in [0.2, 0.25) is 0 Å². The fraction of sp³-hybridized carbons (Fsp3) is 0.200. The molecule has 0 aliphatic rings. The van der Waals surface area contributed by atoms with Crippen LogP contribution in [0.25, 0.3) is 10.9 Å². The molecule has 0 aliphatic carbocycles. The van der Waals surface area contributed by atoms with E-state index in [9.17, 15) is 49.5 Å². The van der Waals surface area contributed by atoms with Gasteiger partial charge in [0.1, 0.15) is 0 Å². The molecule has 0 saturated carbocycles. The molecule has 1 amide bonds. The highest BCUT2D eigenvalue weighted by molar-refractivity contribution is 14.1. The molecule has 0 bridgehead atoms. The Morgan fingerprint density at radius 2 is 1.63 bits per heavy atom. The number of rotatable bonds is 5. The Labute approximate surface area is 208 Å². The average molecular weight is 640 g/mol. The fourth-order valence-corrected chi connectivity index (χ4v) is 4.70. The van der Waals surface area contributed by atoms with E-state index in [1.165, 1.54) is 40.8 Å². The van der Waals surface area contributed by atoms with E-state index in [0.717, 1.165) is 12.3 Å². The third kappa shape index (κ3) is 5.24. The van der Waals surface area contributed by atoms with Crippen molar-refractivity contribution in [1.29, 1.82) is 0 Å². The number of anilines is 1. The number of thioether (sulfide) groups is 1. The van der Waals surface area contributed by atoms with E-state index < -0.39 is 61.2 Å². The van der Waals surface area contributed by atoms with Crippen LogP contribution < -0.4 is 10.0 Å². The van der Waals surface area contributed by atoms with Gasteiger partial charge in [-0.3, -0.25) is 4.79 Å². The molecule has 2 aromatic carbocycles. The molecule has 3 aromatic rings. The van der Waals surface area contributed by atoms with E-state index in [4.69, 9.17) is 0 Å². The number of nitrogens with zero attached hydrogens (tertiary/aromatic N) is 1. The zero-order chi connectivity index (χ0) is 26.3. The van der Waals surface area contributed by atoms with Crippen LogP contribution in [0.4, 0.5) is 45.2 Å². The molecule has 4 nitrogen and oxygen atoms in total. The van der Waals surface area contributed by atoms with Crippen molar-refractivity contribution in [3.8, 4) is 0 Å². The van der Waals surface area contributed by atoms with E-state index >= 15 is 0 Å². The van der Waals surface area contributed by atoms with E-state index in [-0.39, 0.29) is 23.2 Å². The highest BCUT2D eigenvalue weighted by atomic mass is 127. The van der Waals surface area contributed by atoms with Crippen LogP contribution >= 0.6 is 34.4 Å². The van der Waals surface area contributed by atoms with Crippen LogP contribution in [0.15, 0.2) is 53.6 Å². The molecular weight excluding hydrogens is 630 g/mol. The first kappa shape index (κ1) is 27.2. The summed E-state index contributed by atoms with van der Waals surface area (Å²) in [5.41, 5.74) is -8.47. The monoisotopic (exact) mass is 640 g/mol. The van der Waals surface area contributed by atoms with Crippen LogP contribution in [0.5, 0.6) is 0 Å². The van der Waals surface area contributed by atoms with Crippen LogP contribution in [-0.4, -0.2) is 24.0 Å². The van der Waals surface area contributed by atoms with Gasteiger partial charge in [0.2, 0.25) is 5.52 Å². The van der Waals surface area contributed by atoms with Crippen molar-refractivity contribution in [2.45, 2.75) is 28.7 Å². The maximum atomic E-state index is 14.5. The Morgan fingerprint density at radius 3 is 2.20 bits per heavy atom. The van der Waals surface area contributed by atoms with Gasteiger partial charge in [0, 0.05) is 37.1 Å². The molecule has 15 heteroatoms. The van der Waals surface area contributed by atoms with Crippen LogP contribution in [-0.2, 0) is 5.67 Å². The normalized spacial score (nSPS) is 12.9. The lowest BCUT2D eigenvalue weighted by molar-refractivity contribution is -0.577. The van der Waals surface area contributed by atoms with Crippen LogP contribution in [0.3, 0.4) is 0 Å². The number of nitrogens with one attached hydrogen (secondary N) is 1. The number of pyridine rings is 1. The minimum absolute atomic E-state index is 0.0262. The van der Waals surface area contributed by atoms with Gasteiger partial charge in [-0.25, -0.2) is 4.39 Å². The summed E-state index contributed by atoms with van der Waals surface area (Å²) in [6.07, 6.45) is -11.8. The molecule has 0 spiro atoms. The molecule has 1 aromatic heterocycles. The second-order valence-corrected chi connectivity index (χ2v) is 9.12. The number of benzene rings is 2. The lowest BCUT2D eigenvalue weighted by Gasteiger charge is -2.31. The number of hydrogen-bond acceptors (Lipinski definition) is 3. The largest absolute Gasteiger partial charge is 0.618 e. The van der Waals surface area contributed by atoms with Gasteiger partial charge < -0.3 is 10.5 Å². The van der Waals surface area contributed by atoms with Gasteiger partial charge in [-0.2, -0.15) is 39.9 Å². The Morgan fingerprint density at radius 1 is 1.00 bits per heavy atom. The lowest BCUT2D eigenvalue weighted by atomic mass is 9.94. The molecule has 0 radical (unpaired) electrons. The molecule has 0 atom stereocenters. The summed E-state index contributed by atoms with van der Waals surface area (Å²) in [6, 6.07) is 6.96. The predicted molar refractivity (Wildman–Crippen MR) is 117 cm³/mol. The summed E-state index contributed by atoms with van der Waals surface area (Å²) < 4.78 is 119. The number of halogens is 10. The molecule has 3 rings (SSSR count). The Hall–Kier alpha value is -2.43. The van der Waals surface area contributed by atoms with Crippen molar-refractivity contribution in [3.05, 3.63) is 68.6 Å². The smallest absolute Gasteiger partial charge is 0.435 e. The number of fused-ring (bicyclic) bond motifs is 1. The summed E-state index contributed by atoms with van der Waals surface area (Å²) in [5.74, 6) is -4.33. The average Bonchev–Trinajstić information content (AvgIpc) is 2.73. The van der Waals surface area contributed by atoms with E-state index in [1.807, 2.05) is 0 Å². The van der Waals surface area contributed by atoms with Crippen molar-refractivity contribution in [2.75, 3.05) is 5.32 Å². The quantitative estimate of drug-likeness (QED) is 0.108. The van der Waals surface area contributed by atoms with Crippen molar-refractivity contribution < 1.29 is 49.0 Å².